The van der Waals surface area contributed by atoms with E-state index in [0.717, 1.165) is 18.7 Å². The Balaban J connectivity index is 1.73. The van der Waals surface area contributed by atoms with Gasteiger partial charge in [-0.1, -0.05) is 17.8 Å². The lowest BCUT2D eigenvalue weighted by atomic mass is 10.1. The summed E-state index contributed by atoms with van der Waals surface area (Å²) >= 11 is 1.24. The first-order valence-electron chi connectivity index (χ1n) is 9.25. The fraction of sp³-hybridized carbons (Fsp3) is 0.350. The van der Waals surface area contributed by atoms with E-state index < -0.39 is 11.9 Å². The van der Waals surface area contributed by atoms with Crippen LogP contribution in [0.4, 0.5) is 5.69 Å². The lowest BCUT2D eigenvalue weighted by Crippen LogP contribution is -2.18. The number of allylic oxidation sites excluding steroid dienone is 1. The predicted molar refractivity (Wildman–Crippen MR) is 111 cm³/mol. The molecule has 30 heavy (non-hydrogen) atoms. The van der Waals surface area contributed by atoms with Gasteiger partial charge in [0.15, 0.2) is 5.16 Å². The number of methoxy groups -OCH3 is 2. The van der Waals surface area contributed by atoms with Crippen LogP contribution in [0.3, 0.4) is 0 Å². The minimum atomic E-state index is -0.630. The molecule has 0 atom stereocenters. The number of anilines is 1. The van der Waals surface area contributed by atoms with Crippen LogP contribution in [-0.4, -0.2) is 52.6 Å². The Hall–Kier alpha value is -3.14. The van der Waals surface area contributed by atoms with Crippen molar-refractivity contribution in [3.63, 3.8) is 0 Å². The SMILES string of the molecule is C=CCn1c(SCC(=O)Nc2cc(C(=O)OC)ccc2C(=O)OC)nnc1C1CC1. The second-order valence-electron chi connectivity index (χ2n) is 6.59. The molecule has 1 fully saturated rings. The lowest BCUT2D eigenvalue weighted by molar-refractivity contribution is -0.113. The number of carbonyl (C=O) groups is 3. The molecule has 1 aliphatic rings. The third-order valence-corrected chi connectivity index (χ3v) is 5.42. The first-order chi connectivity index (χ1) is 14.5. The van der Waals surface area contributed by atoms with Crippen LogP contribution in [0.15, 0.2) is 36.0 Å². The number of aromatic nitrogens is 3. The third kappa shape index (κ3) is 4.88. The summed E-state index contributed by atoms with van der Waals surface area (Å²) in [6, 6.07) is 4.22. The molecule has 2 aromatic rings. The quantitative estimate of drug-likeness (QED) is 0.367. The standard InChI is InChI=1S/C20H22N4O5S/c1-4-9-24-17(12-5-6-12)22-23-20(24)30-11-16(25)21-15-10-13(18(26)28-2)7-8-14(15)19(27)29-3/h4,7-8,10,12H,1,5-6,9,11H2,2-3H3,(H,21,25). The molecule has 1 aromatic heterocycles. The summed E-state index contributed by atoms with van der Waals surface area (Å²) in [5, 5.41) is 11.7. The van der Waals surface area contributed by atoms with Gasteiger partial charge in [-0.2, -0.15) is 0 Å². The third-order valence-electron chi connectivity index (χ3n) is 4.45. The molecule has 0 bridgehead atoms. The fourth-order valence-electron chi connectivity index (χ4n) is 2.85. The zero-order chi connectivity index (χ0) is 21.7. The molecular weight excluding hydrogens is 408 g/mol. The van der Waals surface area contributed by atoms with Crippen LogP contribution >= 0.6 is 11.8 Å². The number of rotatable bonds is 9. The van der Waals surface area contributed by atoms with Crippen LogP contribution in [0.1, 0.15) is 45.3 Å². The Labute approximate surface area is 177 Å². The van der Waals surface area contributed by atoms with Crippen molar-refractivity contribution in [3.8, 4) is 0 Å². The second kappa shape index (κ2) is 9.57. The number of carbonyl (C=O) groups excluding carboxylic acids is 3. The molecule has 0 saturated heterocycles. The summed E-state index contributed by atoms with van der Waals surface area (Å²) in [7, 11) is 2.49. The summed E-state index contributed by atoms with van der Waals surface area (Å²) in [5.41, 5.74) is 0.504. The van der Waals surface area contributed by atoms with Crippen molar-refractivity contribution < 1.29 is 23.9 Å². The number of ether oxygens (including phenoxy) is 2. The van der Waals surface area contributed by atoms with E-state index in [2.05, 4.69) is 22.1 Å². The average Bonchev–Trinajstić information content (AvgIpc) is 3.52. The van der Waals surface area contributed by atoms with E-state index >= 15 is 0 Å². The number of nitrogens with zero attached hydrogens (tertiary/aromatic N) is 3. The van der Waals surface area contributed by atoms with Gasteiger partial charge in [-0.25, -0.2) is 9.59 Å². The van der Waals surface area contributed by atoms with Crippen molar-refractivity contribution in [3.05, 3.63) is 47.8 Å². The van der Waals surface area contributed by atoms with Crippen LogP contribution in [0, 0.1) is 0 Å². The maximum atomic E-state index is 12.5. The van der Waals surface area contributed by atoms with E-state index in [1.165, 1.54) is 44.2 Å². The molecule has 9 nitrogen and oxygen atoms in total. The largest absolute Gasteiger partial charge is 0.465 e. The minimum Gasteiger partial charge on any atom is -0.465 e. The summed E-state index contributed by atoms with van der Waals surface area (Å²) in [5.74, 6) is -0.201. The van der Waals surface area contributed by atoms with E-state index in [9.17, 15) is 14.4 Å². The number of nitrogens with one attached hydrogen (secondary N) is 1. The average molecular weight is 430 g/mol. The summed E-state index contributed by atoms with van der Waals surface area (Å²) in [6.07, 6.45) is 3.95. The van der Waals surface area contributed by atoms with Crippen LogP contribution in [-0.2, 0) is 20.8 Å². The number of hydrogen-bond donors (Lipinski definition) is 1. The highest BCUT2D eigenvalue weighted by atomic mass is 32.2. The van der Waals surface area contributed by atoms with Gasteiger partial charge in [-0.3, -0.25) is 4.79 Å². The van der Waals surface area contributed by atoms with Crippen molar-refractivity contribution in [2.24, 2.45) is 0 Å². The normalized spacial score (nSPS) is 12.9. The highest BCUT2D eigenvalue weighted by Gasteiger charge is 2.30. The Morgan fingerprint density at radius 1 is 1.23 bits per heavy atom. The Morgan fingerprint density at radius 3 is 2.60 bits per heavy atom. The smallest absolute Gasteiger partial charge is 0.339 e. The zero-order valence-corrected chi connectivity index (χ0v) is 17.5. The molecule has 1 saturated carbocycles. The van der Waals surface area contributed by atoms with Crippen LogP contribution < -0.4 is 5.32 Å². The van der Waals surface area contributed by atoms with E-state index in [0.29, 0.717) is 17.6 Å². The molecule has 1 aliphatic carbocycles. The number of esters is 2. The number of thioether (sulfide) groups is 1. The Bertz CT molecular complexity index is 984. The lowest BCUT2D eigenvalue weighted by Gasteiger charge is -2.11. The summed E-state index contributed by atoms with van der Waals surface area (Å²) in [6.45, 7) is 4.33. The van der Waals surface area contributed by atoms with Gasteiger partial charge in [0.1, 0.15) is 5.82 Å². The van der Waals surface area contributed by atoms with Gasteiger partial charge >= 0.3 is 11.9 Å². The number of amides is 1. The van der Waals surface area contributed by atoms with E-state index in [4.69, 9.17) is 9.47 Å². The molecule has 158 valence electrons. The van der Waals surface area contributed by atoms with Gasteiger partial charge in [0.05, 0.1) is 36.8 Å². The van der Waals surface area contributed by atoms with Gasteiger partial charge < -0.3 is 19.4 Å². The van der Waals surface area contributed by atoms with Crippen molar-refractivity contribution >= 4 is 35.3 Å². The highest BCUT2D eigenvalue weighted by molar-refractivity contribution is 7.99. The predicted octanol–water partition coefficient (Wildman–Crippen LogP) is 2.65. The Morgan fingerprint density at radius 2 is 1.97 bits per heavy atom. The van der Waals surface area contributed by atoms with Crippen molar-refractivity contribution in [2.75, 3.05) is 25.3 Å². The van der Waals surface area contributed by atoms with Crippen LogP contribution in [0.2, 0.25) is 0 Å². The first-order valence-corrected chi connectivity index (χ1v) is 10.2. The monoisotopic (exact) mass is 430 g/mol. The topological polar surface area (TPSA) is 112 Å². The van der Waals surface area contributed by atoms with Gasteiger partial charge in [0, 0.05) is 12.5 Å². The minimum absolute atomic E-state index is 0.0447. The summed E-state index contributed by atoms with van der Waals surface area (Å²) in [4.78, 5) is 36.3. The maximum Gasteiger partial charge on any atom is 0.339 e. The van der Waals surface area contributed by atoms with E-state index in [-0.39, 0.29) is 28.5 Å². The zero-order valence-electron chi connectivity index (χ0n) is 16.7. The van der Waals surface area contributed by atoms with Crippen LogP contribution in [0.5, 0.6) is 0 Å². The highest BCUT2D eigenvalue weighted by Crippen LogP contribution is 2.40. The molecule has 0 radical (unpaired) electrons. The van der Waals surface area contributed by atoms with Crippen molar-refractivity contribution in [1.82, 2.24) is 14.8 Å². The van der Waals surface area contributed by atoms with E-state index in [1.54, 1.807) is 6.08 Å². The van der Waals surface area contributed by atoms with E-state index in [1.807, 2.05) is 4.57 Å². The van der Waals surface area contributed by atoms with Crippen molar-refractivity contribution in [1.29, 1.82) is 0 Å². The molecule has 10 heteroatoms. The second-order valence-corrected chi connectivity index (χ2v) is 7.54. The molecule has 1 N–H and O–H groups in total. The van der Waals surface area contributed by atoms with Gasteiger partial charge in [-0.05, 0) is 31.0 Å². The number of benzene rings is 1. The van der Waals surface area contributed by atoms with Gasteiger partial charge in [-0.15, -0.1) is 16.8 Å². The molecular formula is C20H22N4O5S. The van der Waals surface area contributed by atoms with Crippen LogP contribution in [0.25, 0.3) is 0 Å². The molecule has 1 heterocycles. The maximum absolute atomic E-state index is 12.5. The van der Waals surface area contributed by atoms with Gasteiger partial charge in [0.2, 0.25) is 5.91 Å². The molecule has 0 unspecified atom stereocenters. The number of hydrogen-bond acceptors (Lipinski definition) is 8. The van der Waals surface area contributed by atoms with Crippen molar-refractivity contribution in [2.45, 2.75) is 30.5 Å². The molecule has 3 rings (SSSR count). The fourth-order valence-corrected chi connectivity index (χ4v) is 3.60. The summed E-state index contributed by atoms with van der Waals surface area (Å²) < 4.78 is 11.4. The Kier molecular flexibility index (Phi) is 6.88. The molecule has 0 aliphatic heterocycles. The first kappa shape index (κ1) is 21.6. The molecule has 1 amide bonds. The van der Waals surface area contributed by atoms with Gasteiger partial charge in [0.25, 0.3) is 0 Å². The molecule has 0 spiro atoms. The molecule has 1 aromatic carbocycles.